The first-order chi connectivity index (χ1) is 5.84. The average molecular weight is 189 g/mol. The molecule has 0 radical (unpaired) electrons. The van der Waals surface area contributed by atoms with E-state index in [-0.39, 0.29) is 0 Å². The van der Waals surface area contributed by atoms with Crippen LogP contribution in [0.2, 0.25) is 0 Å². The molecule has 0 spiro atoms. The third-order valence-corrected chi connectivity index (χ3v) is 3.51. The number of hydrogen-bond acceptors (Lipinski definition) is 0. The van der Waals surface area contributed by atoms with Crippen LogP contribution in [0.3, 0.4) is 0 Å². The van der Waals surface area contributed by atoms with Gasteiger partial charge in [0.1, 0.15) is 0 Å². The molecule has 1 rings (SSSR count). The standard InChI is InChI=1S/C11H21Cl/c1-10(6-5-9-12)11-7-3-2-4-8-11/h10-11H,2-9H2,1H3. The molecule has 1 atom stereocenters. The van der Waals surface area contributed by atoms with Gasteiger partial charge in [-0.05, 0) is 24.7 Å². The molecule has 0 aromatic rings. The second kappa shape index (κ2) is 5.85. The van der Waals surface area contributed by atoms with E-state index in [1.165, 1.54) is 44.9 Å². The Labute approximate surface area is 81.7 Å². The van der Waals surface area contributed by atoms with E-state index in [0.717, 1.165) is 17.7 Å². The summed E-state index contributed by atoms with van der Waals surface area (Å²) in [6.07, 6.45) is 9.91. The minimum Gasteiger partial charge on any atom is -0.127 e. The summed E-state index contributed by atoms with van der Waals surface area (Å²) in [7, 11) is 0. The molecule has 0 aromatic heterocycles. The van der Waals surface area contributed by atoms with E-state index in [1.54, 1.807) is 0 Å². The van der Waals surface area contributed by atoms with Crippen LogP contribution in [-0.2, 0) is 0 Å². The number of halogens is 1. The van der Waals surface area contributed by atoms with Crippen LogP contribution in [0.15, 0.2) is 0 Å². The van der Waals surface area contributed by atoms with Crippen LogP contribution in [0.4, 0.5) is 0 Å². The van der Waals surface area contributed by atoms with E-state index in [9.17, 15) is 0 Å². The number of alkyl halides is 1. The van der Waals surface area contributed by atoms with Gasteiger partial charge in [-0.1, -0.05) is 39.0 Å². The molecule has 0 nitrogen and oxygen atoms in total. The zero-order valence-corrected chi connectivity index (χ0v) is 8.95. The second-order valence-corrected chi connectivity index (χ2v) is 4.58. The first-order valence-corrected chi connectivity index (χ1v) is 5.94. The quantitative estimate of drug-likeness (QED) is 0.580. The Balaban J connectivity index is 2.15. The third kappa shape index (κ3) is 3.35. The second-order valence-electron chi connectivity index (χ2n) is 4.21. The lowest BCUT2D eigenvalue weighted by Crippen LogP contribution is -2.15. The molecule has 1 fully saturated rings. The van der Waals surface area contributed by atoms with E-state index in [4.69, 9.17) is 11.6 Å². The highest BCUT2D eigenvalue weighted by atomic mass is 35.5. The van der Waals surface area contributed by atoms with Crippen molar-refractivity contribution >= 4 is 11.6 Å². The van der Waals surface area contributed by atoms with E-state index < -0.39 is 0 Å². The van der Waals surface area contributed by atoms with Gasteiger partial charge in [-0.25, -0.2) is 0 Å². The van der Waals surface area contributed by atoms with Crippen molar-refractivity contribution in [3.63, 3.8) is 0 Å². The van der Waals surface area contributed by atoms with Gasteiger partial charge in [-0.2, -0.15) is 0 Å². The van der Waals surface area contributed by atoms with Gasteiger partial charge >= 0.3 is 0 Å². The van der Waals surface area contributed by atoms with Gasteiger partial charge < -0.3 is 0 Å². The van der Waals surface area contributed by atoms with Crippen LogP contribution < -0.4 is 0 Å². The maximum Gasteiger partial charge on any atom is 0.0223 e. The van der Waals surface area contributed by atoms with Crippen molar-refractivity contribution in [3.05, 3.63) is 0 Å². The number of rotatable bonds is 4. The Morgan fingerprint density at radius 2 is 1.92 bits per heavy atom. The first-order valence-electron chi connectivity index (χ1n) is 5.40. The summed E-state index contributed by atoms with van der Waals surface area (Å²) >= 11 is 5.68. The highest BCUT2D eigenvalue weighted by Gasteiger charge is 2.18. The minimum atomic E-state index is 0.844. The predicted octanol–water partition coefficient (Wildman–Crippen LogP) is 4.22. The molecule has 0 saturated heterocycles. The Hall–Kier alpha value is 0.290. The molecule has 1 saturated carbocycles. The summed E-state index contributed by atoms with van der Waals surface area (Å²) in [6, 6.07) is 0. The number of hydrogen-bond donors (Lipinski definition) is 0. The predicted molar refractivity (Wildman–Crippen MR) is 55.7 cm³/mol. The molecule has 72 valence electrons. The molecule has 12 heavy (non-hydrogen) atoms. The fourth-order valence-corrected chi connectivity index (χ4v) is 2.49. The van der Waals surface area contributed by atoms with E-state index in [1.807, 2.05) is 0 Å². The highest BCUT2D eigenvalue weighted by molar-refractivity contribution is 6.17. The van der Waals surface area contributed by atoms with E-state index in [0.29, 0.717) is 0 Å². The lowest BCUT2D eigenvalue weighted by molar-refractivity contribution is 0.251. The first kappa shape index (κ1) is 10.4. The van der Waals surface area contributed by atoms with E-state index >= 15 is 0 Å². The monoisotopic (exact) mass is 188 g/mol. The molecule has 1 heteroatoms. The zero-order valence-electron chi connectivity index (χ0n) is 8.19. The normalized spacial score (nSPS) is 22.5. The van der Waals surface area contributed by atoms with Gasteiger partial charge in [0, 0.05) is 5.88 Å². The van der Waals surface area contributed by atoms with Gasteiger partial charge in [0.05, 0.1) is 0 Å². The van der Waals surface area contributed by atoms with Crippen molar-refractivity contribution in [3.8, 4) is 0 Å². The molecule has 0 amide bonds. The molecule has 0 heterocycles. The smallest absolute Gasteiger partial charge is 0.0223 e. The van der Waals surface area contributed by atoms with Gasteiger partial charge in [-0.3, -0.25) is 0 Å². The summed E-state index contributed by atoms with van der Waals surface area (Å²) < 4.78 is 0. The maximum absolute atomic E-state index is 5.68. The van der Waals surface area contributed by atoms with Gasteiger partial charge in [0.15, 0.2) is 0 Å². The Morgan fingerprint density at radius 1 is 1.25 bits per heavy atom. The molecule has 0 aromatic carbocycles. The zero-order chi connectivity index (χ0) is 8.81. The van der Waals surface area contributed by atoms with Crippen molar-refractivity contribution in [1.29, 1.82) is 0 Å². The fourth-order valence-electron chi connectivity index (χ4n) is 2.34. The van der Waals surface area contributed by atoms with Crippen molar-refractivity contribution in [2.24, 2.45) is 11.8 Å². The van der Waals surface area contributed by atoms with Gasteiger partial charge in [-0.15, -0.1) is 11.6 Å². The summed E-state index contributed by atoms with van der Waals surface area (Å²) in [4.78, 5) is 0. The van der Waals surface area contributed by atoms with E-state index in [2.05, 4.69) is 6.92 Å². The molecular formula is C11H21Cl. The van der Waals surface area contributed by atoms with Crippen LogP contribution >= 0.6 is 11.6 Å². The average Bonchev–Trinajstić information content (AvgIpc) is 2.15. The molecular weight excluding hydrogens is 168 g/mol. The topological polar surface area (TPSA) is 0 Å². The molecule has 1 unspecified atom stereocenters. The largest absolute Gasteiger partial charge is 0.127 e. The Morgan fingerprint density at radius 3 is 2.50 bits per heavy atom. The van der Waals surface area contributed by atoms with Crippen LogP contribution in [-0.4, -0.2) is 5.88 Å². The lowest BCUT2D eigenvalue weighted by atomic mass is 9.79. The maximum atomic E-state index is 5.68. The van der Waals surface area contributed by atoms with Crippen LogP contribution in [0, 0.1) is 11.8 Å². The van der Waals surface area contributed by atoms with Crippen LogP contribution in [0.5, 0.6) is 0 Å². The third-order valence-electron chi connectivity index (χ3n) is 3.25. The molecule has 1 aliphatic carbocycles. The summed E-state index contributed by atoms with van der Waals surface area (Å²) in [5, 5.41) is 0. The summed E-state index contributed by atoms with van der Waals surface area (Å²) in [5.41, 5.74) is 0. The van der Waals surface area contributed by atoms with Gasteiger partial charge in [0.2, 0.25) is 0 Å². The van der Waals surface area contributed by atoms with Crippen molar-refractivity contribution < 1.29 is 0 Å². The lowest BCUT2D eigenvalue weighted by Gasteiger charge is -2.27. The fraction of sp³-hybridized carbons (Fsp3) is 1.00. The minimum absolute atomic E-state index is 0.844. The molecule has 0 bridgehead atoms. The van der Waals surface area contributed by atoms with Crippen LogP contribution in [0.25, 0.3) is 0 Å². The van der Waals surface area contributed by atoms with Gasteiger partial charge in [0.25, 0.3) is 0 Å². The van der Waals surface area contributed by atoms with Crippen molar-refractivity contribution in [2.45, 2.75) is 51.9 Å². The molecule has 1 aliphatic rings. The molecule has 0 N–H and O–H groups in total. The van der Waals surface area contributed by atoms with Crippen LogP contribution in [0.1, 0.15) is 51.9 Å². The Kier molecular flexibility index (Phi) is 5.06. The van der Waals surface area contributed by atoms with Crippen molar-refractivity contribution in [1.82, 2.24) is 0 Å². The van der Waals surface area contributed by atoms with Crippen molar-refractivity contribution in [2.75, 3.05) is 5.88 Å². The summed E-state index contributed by atoms with van der Waals surface area (Å²) in [5.74, 6) is 2.78. The molecule has 0 aliphatic heterocycles. The highest BCUT2D eigenvalue weighted by Crippen LogP contribution is 2.31. The summed E-state index contributed by atoms with van der Waals surface area (Å²) in [6.45, 7) is 2.41. The Bertz CT molecular complexity index is 106. The SMILES string of the molecule is CC(CCCCl)C1CCCCC1.